The number of benzene rings is 1. The number of hydrogen-bond acceptors (Lipinski definition) is 5. The minimum atomic E-state index is -0.328. The third-order valence-electron chi connectivity index (χ3n) is 3.38. The molecule has 4 rings (SSSR count). The minimum Gasteiger partial charge on any atom is -0.454 e. The predicted molar refractivity (Wildman–Crippen MR) is 103 cm³/mol. The van der Waals surface area contributed by atoms with E-state index < -0.39 is 0 Å². The van der Waals surface area contributed by atoms with E-state index in [0.29, 0.717) is 17.4 Å². The summed E-state index contributed by atoms with van der Waals surface area (Å²) in [5, 5.41) is 7.47. The Balaban J connectivity index is 1.48. The van der Waals surface area contributed by atoms with Gasteiger partial charge in [0.1, 0.15) is 5.76 Å². The van der Waals surface area contributed by atoms with E-state index in [1.165, 1.54) is 11.3 Å². The Morgan fingerprint density at radius 2 is 2.12 bits per heavy atom. The van der Waals surface area contributed by atoms with Crippen molar-refractivity contribution in [3.8, 4) is 0 Å². The van der Waals surface area contributed by atoms with E-state index >= 15 is 0 Å². The quantitative estimate of drug-likeness (QED) is 0.449. The van der Waals surface area contributed by atoms with Gasteiger partial charge in [-0.25, -0.2) is 4.98 Å². The minimum absolute atomic E-state index is 0.238. The van der Waals surface area contributed by atoms with Gasteiger partial charge >= 0.3 is 0 Å². The van der Waals surface area contributed by atoms with E-state index in [4.69, 9.17) is 4.42 Å². The van der Waals surface area contributed by atoms with Gasteiger partial charge in [-0.3, -0.25) is 14.8 Å². The van der Waals surface area contributed by atoms with Crippen molar-refractivity contribution in [2.24, 2.45) is 0 Å². The zero-order chi connectivity index (χ0) is 17.4. The third kappa shape index (κ3) is 3.68. The van der Waals surface area contributed by atoms with Crippen LogP contribution in [0.5, 0.6) is 0 Å². The van der Waals surface area contributed by atoms with Gasteiger partial charge in [0.25, 0.3) is 5.91 Å². The van der Waals surface area contributed by atoms with E-state index in [9.17, 15) is 4.79 Å². The maximum Gasteiger partial charge on any atom is 0.293 e. The average Bonchev–Trinajstić information content (AvgIpc) is 3.27. The van der Waals surface area contributed by atoms with Crippen LogP contribution >= 0.6 is 43.2 Å². The number of carbonyl (C=O) groups excluding carboxylic acids is 1. The van der Waals surface area contributed by atoms with E-state index in [2.05, 4.69) is 47.3 Å². The first-order valence-corrected chi connectivity index (χ1v) is 9.61. The molecule has 3 aromatic heterocycles. The lowest BCUT2D eigenvalue weighted by atomic mass is 10.3. The van der Waals surface area contributed by atoms with Crippen LogP contribution in [0.25, 0.3) is 10.2 Å². The Labute approximate surface area is 163 Å². The Bertz CT molecular complexity index is 1070. The number of fused-ring (bicyclic) bond motifs is 1. The molecule has 0 radical (unpaired) electrons. The molecule has 0 saturated carbocycles. The number of nitrogens with one attached hydrogen (secondary N) is 1. The SMILES string of the molecule is O=C(Nc1nc2ccc(Br)cc2s1)c1ccc(Cn2cc(Br)cn2)o1. The van der Waals surface area contributed by atoms with Crippen LogP contribution in [0.1, 0.15) is 16.3 Å². The molecule has 25 heavy (non-hydrogen) atoms. The van der Waals surface area contributed by atoms with Gasteiger partial charge in [0.15, 0.2) is 10.9 Å². The first-order chi connectivity index (χ1) is 12.1. The molecule has 0 aliphatic heterocycles. The zero-order valence-corrected chi connectivity index (χ0v) is 16.6. The van der Waals surface area contributed by atoms with E-state index in [1.54, 1.807) is 23.0 Å². The average molecular weight is 482 g/mol. The highest BCUT2D eigenvalue weighted by atomic mass is 79.9. The Morgan fingerprint density at radius 3 is 2.92 bits per heavy atom. The van der Waals surface area contributed by atoms with Gasteiger partial charge in [-0.1, -0.05) is 27.3 Å². The summed E-state index contributed by atoms with van der Waals surface area (Å²) in [6.07, 6.45) is 3.53. The van der Waals surface area contributed by atoms with Crippen LogP contribution in [-0.4, -0.2) is 20.7 Å². The van der Waals surface area contributed by atoms with Crippen molar-refractivity contribution >= 4 is 64.5 Å². The van der Waals surface area contributed by atoms with E-state index in [1.807, 2.05) is 24.4 Å². The molecule has 1 aromatic carbocycles. The molecule has 0 bridgehead atoms. The number of rotatable bonds is 4. The van der Waals surface area contributed by atoms with Gasteiger partial charge in [-0.2, -0.15) is 5.10 Å². The topological polar surface area (TPSA) is 73.0 Å². The Morgan fingerprint density at radius 1 is 1.24 bits per heavy atom. The number of carbonyl (C=O) groups is 1. The van der Waals surface area contributed by atoms with Crippen molar-refractivity contribution in [2.75, 3.05) is 5.32 Å². The summed E-state index contributed by atoms with van der Waals surface area (Å²) in [7, 11) is 0. The summed E-state index contributed by atoms with van der Waals surface area (Å²) in [5.41, 5.74) is 0.841. The standard InChI is InChI=1S/C16H10Br2N4O2S/c17-9-1-3-12-14(5-9)25-16(20-12)21-15(23)13-4-2-11(24-13)8-22-7-10(18)6-19-22/h1-7H,8H2,(H,20,21,23). The molecular weight excluding hydrogens is 472 g/mol. The molecule has 0 aliphatic carbocycles. The summed E-state index contributed by atoms with van der Waals surface area (Å²) in [6.45, 7) is 0.452. The maximum absolute atomic E-state index is 12.4. The second-order valence-electron chi connectivity index (χ2n) is 5.21. The van der Waals surface area contributed by atoms with Crippen molar-refractivity contribution < 1.29 is 9.21 Å². The van der Waals surface area contributed by atoms with Crippen molar-refractivity contribution in [3.05, 3.63) is 63.2 Å². The van der Waals surface area contributed by atoms with Crippen molar-refractivity contribution in [1.82, 2.24) is 14.8 Å². The largest absolute Gasteiger partial charge is 0.454 e. The van der Waals surface area contributed by atoms with Crippen molar-refractivity contribution in [1.29, 1.82) is 0 Å². The van der Waals surface area contributed by atoms with Crippen LogP contribution in [0, 0.1) is 0 Å². The normalized spacial score (nSPS) is 11.1. The summed E-state index contributed by atoms with van der Waals surface area (Å²) < 4.78 is 10.2. The molecule has 0 fully saturated rings. The summed E-state index contributed by atoms with van der Waals surface area (Å²) in [6, 6.07) is 9.20. The predicted octanol–water partition coefficient (Wildman–Crippen LogP) is 4.91. The van der Waals surface area contributed by atoms with Gasteiger partial charge in [0.2, 0.25) is 0 Å². The fourth-order valence-electron chi connectivity index (χ4n) is 2.28. The molecule has 6 nitrogen and oxygen atoms in total. The number of anilines is 1. The molecule has 1 N–H and O–H groups in total. The van der Waals surface area contributed by atoms with Crippen LogP contribution < -0.4 is 5.32 Å². The fourth-order valence-corrected chi connectivity index (χ4v) is 4.02. The van der Waals surface area contributed by atoms with Gasteiger partial charge in [-0.05, 0) is 46.3 Å². The first kappa shape index (κ1) is 16.5. The van der Waals surface area contributed by atoms with Crippen LogP contribution in [-0.2, 0) is 6.54 Å². The van der Waals surface area contributed by atoms with Crippen molar-refractivity contribution in [3.63, 3.8) is 0 Å². The van der Waals surface area contributed by atoms with Crippen LogP contribution in [0.3, 0.4) is 0 Å². The number of thiazole rings is 1. The highest BCUT2D eigenvalue weighted by molar-refractivity contribution is 9.10. The molecule has 0 saturated heterocycles. The van der Waals surface area contributed by atoms with E-state index in [0.717, 1.165) is 19.2 Å². The zero-order valence-electron chi connectivity index (χ0n) is 12.6. The molecule has 0 unspecified atom stereocenters. The molecule has 9 heteroatoms. The Kier molecular flexibility index (Phi) is 4.45. The molecule has 0 atom stereocenters. The first-order valence-electron chi connectivity index (χ1n) is 7.21. The summed E-state index contributed by atoms with van der Waals surface area (Å²) >= 11 is 8.18. The van der Waals surface area contributed by atoms with Crippen LogP contribution in [0.4, 0.5) is 5.13 Å². The van der Waals surface area contributed by atoms with Gasteiger partial charge < -0.3 is 4.42 Å². The summed E-state index contributed by atoms with van der Waals surface area (Å²) in [4.78, 5) is 16.8. The second kappa shape index (κ2) is 6.74. The maximum atomic E-state index is 12.4. The van der Waals surface area contributed by atoms with Gasteiger partial charge in [-0.15, -0.1) is 0 Å². The van der Waals surface area contributed by atoms with Crippen LogP contribution in [0.15, 0.2) is 56.1 Å². The molecular formula is C16H10Br2N4O2S. The Hall–Kier alpha value is -1.97. The monoisotopic (exact) mass is 480 g/mol. The molecule has 1 amide bonds. The molecule has 126 valence electrons. The van der Waals surface area contributed by atoms with Crippen LogP contribution in [0.2, 0.25) is 0 Å². The number of aromatic nitrogens is 3. The van der Waals surface area contributed by atoms with E-state index in [-0.39, 0.29) is 11.7 Å². The van der Waals surface area contributed by atoms with Crippen molar-refractivity contribution in [2.45, 2.75) is 6.54 Å². The lowest BCUT2D eigenvalue weighted by Gasteiger charge is -1.99. The molecule has 3 heterocycles. The molecule has 0 aliphatic rings. The lowest BCUT2D eigenvalue weighted by molar-refractivity contribution is 0.0994. The molecule has 4 aromatic rings. The van der Waals surface area contributed by atoms with Gasteiger partial charge in [0, 0.05) is 10.7 Å². The number of furan rings is 1. The fraction of sp³-hybridized carbons (Fsp3) is 0.0625. The number of hydrogen-bond donors (Lipinski definition) is 1. The molecule has 0 spiro atoms. The number of nitrogens with zero attached hydrogens (tertiary/aromatic N) is 3. The highest BCUT2D eigenvalue weighted by Gasteiger charge is 2.14. The lowest BCUT2D eigenvalue weighted by Crippen LogP contribution is -2.10. The third-order valence-corrected chi connectivity index (χ3v) is 5.21. The number of halogens is 2. The highest BCUT2D eigenvalue weighted by Crippen LogP contribution is 2.28. The smallest absolute Gasteiger partial charge is 0.293 e. The number of amides is 1. The summed E-state index contributed by atoms with van der Waals surface area (Å²) in [5.74, 6) is 0.557. The van der Waals surface area contributed by atoms with Gasteiger partial charge in [0.05, 0.1) is 27.4 Å². The second-order valence-corrected chi connectivity index (χ2v) is 8.07.